The Kier molecular flexibility index (Phi) is 8.07. The minimum atomic E-state index is -0.0171. The number of nitrogens with one attached hydrogen (secondary N) is 2. The van der Waals surface area contributed by atoms with Crippen LogP contribution in [0.25, 0.3) is 0 Å². The fourth-order valence-corrected chi connectivity index (χ4v) is 2.56. The van der Waals surface area contributed by atoms with Crippen LogP contribution in [0.2, 0.25) is 0 Å². The maximum absolute atomic E-state index is 12.0. The Bertz CT molecular complexity index is 252. The lowest BCUT2D eigenvalue weighted by Gasteiger charge is -2.30. The van der Waals surface area contributed by atoms with E-state index in [1.54, 1.807) is 0 Å². The first kappa shape index (κ1) is 16.4. The molecule has 0 saturated carbocycles. The number of likely N-dealkylation sites (N-methyl/N-ethyl adjacent to an activating group) is 1. The lowest BCUT2D eigenvalue weighted by molar-refractivity contribution is -0.125. The van der Waals surface area contributed by atoms with Crippen molar-refractivity contribution in [1.29, 1.82) is 0 Å². The predicted molar refractivity (Wildman–Crippen MR) is 80.2 cm³/mol. The molecule has 2 N–H and O–H groups in total. The molecule has 0 spiro atoms. The first-order valence-electron chi connectivity index (χ1n) is 7.83. The molecule has 1 atom stereocenters. The molecular weight excluding hydrogens is 238 g/mol. The second kappa shape index (κ2) is 9.32. The molecule has 0 aromatic heterocycles. The normalized spacial score (nSPS) is 18.5. The van der Waals surface area contributed by atoms with Gasteiger partial charge in [-0.05, 0) is 52.2 Å². The molecule has 112 valence electrons. The number of piperidine rings is 1. The fraction of sp³-hybridized carbons (Fsp3) is 0.933. The zero-order valence-corrected chi connectivity index (χ0v) is 12.9. The number of nitrogens with zero attached hydrogens (tertiary/aromatic N) is 1. The van der Waals surface area contributed by atoms with Crippen molar-refractivity contribution in [3.63, 3.8) is 0 Å². The average molecular weight is 269 g/mol. The number of rotatable bonds is 8. The summed E-state index contributed by atoms with van der Waals surface area (Å²) in [5.41, 5.74) is 0. The Morgan fingerprint density at radius 2 is 2.05 bits per heavy atom. The summed E-state index contributed by atoms with van der Waals surface area (Å²) in [6.07, 6.45) is 5.94. The van der Waals surface area contributed by atoms with Gasteiger partial charge in [0.25, 0.3) is 0 Å². The number of carbonyl (C=O) groups excluding carboxylic acids is 1. The minimum absolute atomic E-state index is 0.0171. The average Bonchev–Trinajstić information content (AvgIpc) is 2.43. The van der Waals surface area contributed by atoms with E-state index >= 15 is 0 Å². The predicted octanol–water partition coefficient (Wildman–Crippen LogP) is 1.61. The number of hydrogen-bond acceptors (Lipinski definition) is 3. The maximum atomic E-state index is 12.0. The van der Waals surface area contributed by atoms with Crippen LogP contribution in [0.5, 0.6) is 0 Å². The van der Waals surface area contributed by atoms with Crippen LogP contribution in [0.4, 0.5) is 0 Å². The molecule has 0 aromatic carbocycles. The Balaban J connectivity index is 2.21. The second-order valence-electron chi connectivity index (χ2n) is 5.81. The number of hydrogen-bond donors (Lipinski definition) is 2. The monoisotopic (exact) mass is 269 g/mol. The zero-order chi connectivity index (χ0) is 14.1. The van der Waals surface area contributed by atoms with E-state index in [4.69, 9.17) is 0 Å². The van der Waals surface area contributed by atoms with Crippen LogP contribution in [-0.2, 0) is 4.79 Å². The Morgan fingerprint density at radius 3 is 2.68 bits per heavy atom. The quantitative estimate of drug-likeness (QED) is 0.658. The molecule has 4 nitrogen and oxygen atoms in total. The van der Waals surface area contributed by atoms with E-state index in [2.05, 4.69) is 29.5 Å². The lowest BCUT2D eigenvalue weighted by Crippen LogP contribution is -2.46. The van der Waals surface area contributed by atoms with E-state index in [1.165, 1.54) is 25.7 Å². The van der Waals surface area contributed by atoms with Crippen LogP contribution in [0, 0.1) is 5.92 Å². The first-order valence-corrected chi connectivity index (χ1v) is 7.83. The topological polar surface area (TPSA) is 44.4 Å². The summed E-state index contributed by atoms with van der Waals surface area (Å²) in [5, 5.41) is 6.42. The van der Waals surface area contributed by atoms with Crippen LogP contribution in [0.3, 0.4) is 0 Å². The van der Waals surface area contributed by atoms with Crippen molar-refractivity contribution < 1.29 is 4.79 Å². The number of amides is 1. The molecule has 1 rings (SSSR count). The van der Waals surface area contributed by atoms with E-state index in [0.29, 0.717) is 0 Å². The van der Waals surface area contributed by atoms with Gasteiger partial charge in [-0.2, -0.15) is 0 Å². The minimum Gasteiger partial charge on any atom is -0.355 e. The maximum Gasteiger partial charge on any atom is 0.237 e. The van der Waals surface area contributed by atoms with E-state index in [1.807, 2.05) is 6.92 Å². The van der Waals surface area contributed by atoms with Gasteiger partial charge >= 0.3 is 0 Å². The smallest absolute Gasteiger partial charge is 0.237 e. The highest BCUT2D eigenvalue weighted by Crippen LogP contribution is 2.13. The van der Waals surface area contributed by atoms with Crippen LogP contribution in [0.15, 0.2) is 0 Å². The van der Waals surface area contributed by atoms with E-state index < -0.39 is 0 Å². The van der Waals surface area contributed by atoms with Crippen molar-refractivity contribution in [2.75, 3.05) is 33.2 Å². The molecule has 1 unspecified atom stereocenters. The van der Waals surface area contributed by atoms with E-state index in [0.717, 1.165) is 38.5 Å². The lowest BCUT2D eigenvalue weighted by atomic mass is 9.97. The van der Waals surface area contributed by atoms with Gasteiger partial charge in [0.2, 0.25) is 5.91 Å². The van der Waals surface area contributed by atoms with Gasteiger partial charge in [-0.15, -0.1) is 0 Å². The standard InChI is InChI=1S/C15H31N3O/c1-4-5-6-9-17-15(19)13(2)18(3)12-14-7-10-16-11-8-14/h13-14,16H,4-12H2,1-3H3,(H,17,19). The van der Waals surface area contributed by atoms with Crippen LogP contribution < -0.4 is 10.6 Å². The molecule has 1 heterocycles. The summed E-state index contributed by atoms with van der Waals surface area (Å²) >= 11 is 0. The third-order valence-corrected chi connectivity index (χ3v) is 4.13. The summed E-state index contributed by atoms with van der Waals surface area (Å²) in [6, 6.07) is -0.0171. The zero-order valence-electron chi connectivity index (χ0n) is 12.9. The molecule has 1 saturated heterocycles. The third kappa shape index (κ3) is 6.39. The molecule has 0 aromatic rings. The van der Waals surface area contributed by atoms with Gasteiger partial charge in [-0.3, -0.25) is 9.69 Å². The van der Waals surface area contributed by atoms with Gasteiger partial charge in [0.15, 0.2) is 0 Å². The van der Waals surface area contributed by atoms with Crippen molar-refractivity contribution in [2.24, 2.45) is 5.92 Å². The summed E-state index contributed by atoms with van der Waals surface area (Å²) in [4.78, 5) is 14.2. The Labute approximate surface area is 118 Å². The van der Waals surface area contributed by atoms with Crippen LogP contribution >= 0.6 is 0 Å². The van der Waals surface area contributed by atoms with Gasteiger partial charge in [0.1, 0.15) is 0 Å². The number of carbonyl (C=O) groups is 1. The second-order valence-corrected chi connectivity index (χ2v) is 5.81. The molecule has 19 heavy (non-hydrogen) atoms. The molecule has 0 aliphatic carbocycles. The third-order valence-electron chi connectivity index (χ3n) is 4.13. The molecule has 1 fully saturated rings. The van der Waals surface area contributed by atoms with Gasteiger partial charge in [0.05, 0.1) is 6.04 Å². The molecule has 1 amide bonds. The summed E-state index contributed by atoms with van der Waals surface area (Å²) in [5.74, 6) is 0.911. The van der Waals surface area contributed by atoms with Gasteiger partial charge < -0.3 is 10.6 Å². The van der Waals surface area contributed by atoms with Crippen molar-refractivity contribution in [3.8, 4) is 0 Å². The SMILES string of the molecule is CCCCCNC(=O)C(C)N(C)CC1CCNCC1. The van der Waals surface area contributed by atoms with Crippen molar-refractivity contribution in [1.82, 2.24) is 15.5 Å². The van der Waals surface area contributed by atoms with E-state index in [-0.39, 0.29) is 11.9 Å². The van der Waals surface area contributed by atoms with Crippen molar-refractivity contribution in [3.05, 3.63) is 0 Å². The van der Waals surface area contributed by atoms with Gasteiger partial charge in [-0.1, -0.05) is 19.8 Å². The molecule has 0 bridgehead atoms. The van der Waals surface area contributed by atoms with E-state index in [9.17, 15) is 4.79 Å². The fourth-order valence-electron chi connectivity index (χ4n) is 2.56. The summed E-state index contributed by atoms with van der Waals surface area (Å²) in [6.45, 7) is 8.28. The van der Waals surface area contributed by atoms with Crippen LogP contribution in [-0.4, -0.2) is 50.1 Å². The summed E-state index contributed by atoms with van der Waals surface area (Å²) in [7, 11) is 2.07. The molecule has 1 aliphatic heterocycles. The van der Waals surface area contributed by atoms with Crippen LogP contribution in [0.1, 0.15) is 46.0 Å². The first-order chi connectivity index (χ1) is 9.15. The highest BCUT2D eigenvalue weighted by Gasteiger charge is 2.21. The molecule has 1 aliphatic rings. The summed E-state index contributed by atoms with van der Waals surface area (Å²) < 4.78 is 0. The van der Waals surface area contributed by atoms with Gasteiger partial charge in [0, 0.05) is 13.1 Å². The van der Waals surface area contributed by atoms with Crippen molar-refractivity contribution in [2.45, 2.75) is 52.0 Å². The van der Waals surface area contributed by atoms with Gasteiger partial charge in [-0.25, -0.2) is 0 Å². The Hall–Kier alpha value is -0.610. The van der Waals surface area contributed by atoms with Crippen molar-refractivity contribution >= 4 is 5.91 Å². The molecule has 0 radical (unpaired) electrons. The highest BCUT2D eigenvalue weighted by molar-refractivity contribution is 5.81. The highest BCUT2D eigenvalue weighted by atomic mass is 16.2. The largest absolute Gasteiger partial charge is 0.355 e. The molecule has 4 heteroatoms. The number of unbranched alkanes of at least 4 members (excludes halogenated alkanes) is 2. The molecular formula is C15H31N3O. The Morgan fingerprint density at radius 1 is 1.37 bits per heavy atom.